The van der Waals surface area contributed by atoms with Gasteiger partial charge in [0.2, 0.25) is 0 Å². The molecule has 1 aliphatic heterocycles. The van der Waals surface area contributed by atoms with E-state index in [1.807, 2.05) is 74.2 Å². The molecule has 2 atom stereocenters. The minimum absolute atomic E-state index is 0.00923. The fourth-order valence-corrected chi connectivity index (χ4v) is 3.79. The average molecular weight is 440 g/mol. The Hall–Kier alpha value is -2.90. The van der Waals surface area contributed by atoms with E-state index in [-0.39, 0.29) is 24.1 Å². The van der Waals surface area contributed by atoms with Gasteiger partial charge in [-0.1, -0.05) is 36.4 Å². The van der Waals surface area contributed by atoms with Crippen LogP contribution >= 0.6 is 0 Å². The number of hydrogen-bond acceptors (Lipinski definition) is 4. The maximum absolute atomic E-state index is 12.8. The molecule has 7 heteroatoms. The van der Waals surface area contributed by atoms with E-state index in [9.17, 15) is 9.59 Å². The fraction of sp³-hybridized carbons (Fsp3) is 0.440. The normalized spacial score (nSPS) is 18.3. The summed E-state index contributed by atoms with van der Waals surface area (Å²) in [6, 6.07) is 15.0. The molecule has 0 saturated carbocycles. The molecule has 3 rings (SSSR count). The van der Waals surface area contributed by atoms with Crippen LogP contribution in [0.25, 0.3) is 0 Å². The first-order chi connectivity index (χ1) is 15.5. The van der Waals surface area contributed by atoms with E-state index in [1.54, 1.807) is 0 Å². The van der Waals surface area contributed by atoms with Crippen LogP contribution < -0.4 is 10.6 Å². The van der Waals surface area contributed by atoms with E-state index < -0.39 is 0 Å². The van der Waals surface area contributed by atoms with Crippen molar-refractivity contribution in [2.45, 2.75) is 52.7 Å². The summed E-state index contributed by atoms with van der Waals surface area (Å²) in [5, 5.41) is 5.75. The van der Waals surface area contributed by atoms with Gasteiger partial charge in [-0.25, -0.2) is 4.79 Å². The molecular formula is C25H33N3O4. The van der Waals surface area contributed by atoms with Gasteiger partial charge in [-0.2, -0.15) is 0 Å². The number of carbonyl (C=O) groups excluding carboxylic acids is 2. The third-order valence-electron chi connectivity index (χ3n) is 5.38. The molecular weight excluding hydrogens is 406 g/mol. The molecule has 0 spiro atoms. The van der Waals surface area contributed by atoms with Crippen molar-refractivity contribution in [2.75, 3.05) is 19.7 Å². The number of urea groups is 1. The second kappa shape index (κ2) is 11.6. The zero-order chi connectivity index (χ0) is 22.9. The number of benzene rings is 2. The molecule has 2 aromatic carbocycles. The molecule has 2 unspecified atom stereocenters. The van der Waals surface area contributed by atoms with E-state index in [0.717, 1.165) is 16.7 Å². The molecule has 2 N–H and O–H groups in total. The van der Waals surface area contributed by atoms with Gasteiger partial charge in [-0.3, -0.25) is 4.79 Å². The summed E-state index contributed by atoms with van der Waals surface area (Å²) in [6.45, 7) is 9.10. The Kier molecular flexibility index (Phi) is 8.64. The zero-order valence-electron chi connectivity index (χ0n) is 19.1. The lowest BCUT2D eigenvalue weighted by Gasteiger charge is -2.35. The van der Waals surface area contributed by atoms with Crippen molar-refractivity contribution in [2.24, 2.45) is 0 Å². The summed E-state index contributed by atoms with van der Waals surface area (Å²) < 4.78 is 11.2. The summed E-state index contributed by atoms with van der Waals surface area (Å²) in [6.07, 6.45) is 0.0756. The minimum atomic E-state index is -0.243. The summed E-state index contributed by atoms with van der Waals surface area (Å²) >= 11 is 0. The molecule has 1 aliphatic rings. The molecule has 0 radical (unpaired) electrons. The number of carbonyl (C=O) groups is 2. The monoisotopic (exact) mass is 439 g/mol. The van der Waals surface area contributed by atoms with Gasteiger partial charge in [0, 0.05) is 38.3 Å². The SMILES string of the molecule is CCOCc1ccccc1CNC(=O)NCc1ccc(C(=O)N2CC(C)OC(C)C2)cc1. The van der Waals surface area contributed by atoms with Crippen molar-refractivity contribution >= 4 is 11.9 Å². The second-order valence-electron chi connectivity index (χ2n) is 8.11. The standard InChI is InChI=1S/C25H33N3O4/c1-4-31-17-23-8-6-5-7-22(23)14-27-25(30)26-13-20-9-11-21(12-10-20)24(29)28-15-18(2)32-19(3)16-28/h5-12,18-19H,4,13-17H2,1-3H3,(H2,26,27,30). The number of hydrogen-bond donors (Lipinski definition) is 2. The topological polar surface area (TPSA) is 79.9 Å². The first-order valence-electron chi connectivity index (χ1n) is 11.2. The van der Waals surface area contributed by atoms with Crippen LogP contribution in [0.15, 0.2) is 48.5 Å². The number of ether oxygens (including phenoxy) is 2. The van der Waals surface area contributed by atoms with Crippen molar-refractivity contribution in [1.82, 2.24) is 15.5 Å². The lowest BCUT2D eigenvalue weighted by molar-refractivity contribution is -0.0586. The van der Waals surface area contributed by atoms with Gasteiger partial charge in [-0.15, -0.1) is 0 Å². The molecule has 2 aromatic rings. The van der Waals surface area contributed by atoms with Crippen LogP contribution in [-0.4, -0.2) is 48.7 Å². The van der Waals surface area contributed by atoms with E-state index in [4.69, 9.17) is 9.47 Å². The quantitative estimate of drug-likeness (QED) is 0.660. The van der Waals surface area contributed by atoms with E-state index >= 15 is 0 Å². The van der Waals surface area contributed by atoms with Gasteiger partial charge >= 0.3 is 6.03 Å². The molecule has 1 heterocycles. The van der Waals surface area contributed by atoms with Crippen LogP contribution in [0.5, 0.6) is 0 Å². The highest BCUT2D eigenvalue weighted by molar-refractivity contribution is 5.94. The lowest BCUT2D eigenvalue weighted by Crippen LogP contribution is -2.48. The molecule has 7 nitrogen and oxygen atoms in total. The molecule has 1 saturated heterocycles. The smallest absolute Gasteiger partial charge is 0.315 e. The van der Waals surface area contributed by atoms with Gasteiger partial charge in [0.15, 0.2) is 0 Å². The second-order valence-corrected chi connectivity index (χ2v) is 8.11. The highest BCUT2D eigenvalue weighted by Gasteiger charge is 2.26. The molecule has 1 fully saturated rings. The molecule has 3 amide bonds. The van der Waals surface area contributed by atoms with Crippen LogP contribution in [-0.2, 0) is 29.2 Å². The summed E-state index contributed by atoms with van der Waals surface area (Å²) in [4.78, 5) is 26.8. The predicted molar refractivity (Wildman–Crippen MR) is 123 cm³/mol. The Balaban J connectivity index is 1.47. The van der Waals surface area contributed by atoms with Gasteiger partial charge in [0.1, 0.15) is 0 Å². The van der Waals surface area contributed by atoms with Gasteiger partial charge < -0.3 is 25.0 Å². The van der Waals surface area contributed by atoms with Gasteiger partial charge in [-0.05, 0) is 49.6 Å². The first kappa shape index (κ1) is 23.8. The van der Waals surface area contributed by atoms with Crippen molar-refractivity contribution in [1.29, 1.82) is 0 Å². The number of nitrogens with one attached hydrogen (secondary N) is 2. The van der Waals surface area contributed by atoms with Gasteiger partial charge in [0.05, 0.1) is 18.8 Å². The third-order valence-corrected chi connectivity index (χ3v) is 5.38. The maximum atomic E-state index is 12.8. The number of nitrogens with zero attached hydrogens (tertiary/aromatic N) is 1. The van der Waals surface area contributed by atoms with E-state index in [1.165, 1.54) is 0 Å². The maximum Gasteiger partial charge on any atom is 0.315 e. The molecule has 0 aliphatic carbocycles. The summed E-state index contributed by atoms with van der Waals surface area (Å²) in [7, 11) is 0. The number of amides is 3. The minimum Gasteiger partial charge on any atom is -0.377 e. The summed E-state index contributed by atoms with van der Waals surface area (Å²) in [5.41, 5.74) is 3.67. The molecule has 0 bridgehead atoms. The van der Waals surface area contributed by atoms with Crippen LogP contribution in [0, 0.1) is 0 Å². The van der Waals surface area contributed by atoms with Gasteiger partial charge in [0.25, 0.3) is 5.91 Å². The predicted octanol–water partition coefficient (Wildman–Crippen LogP) is 3.47. The third kappa shape index (κ3) is 6.80. The van der Waals surface area contributed by atoms with Crippen molar-refractivity contribution in [3.05, 3.63) is 70.8 Å². The van der Waals surface area contributed by atoms with Crippen LogP contribution in [0.3, 0.4) is 0 Å². The van der Waals surface area contributed by atoms with E-state index in [0.29, 0.717) is 45.0 Å². The lowest BCUT2D eigenvalue weighted by atomic mass is 10.1. The average Bonchev–Trinajstić information content (AvgIpc) is 2.79. The summed E-state index contributed by atoms with van der Waals surface area (Å²) in [5.74, 6) is 0.00923. The van der Waals surface area contributed by atoms with Crippen molar-refractivity contribution in [3.63, 3.8) is 0 Å². The zero-order valence-corrected chi connectivity index (χ0v) is 19.1. The first-order valence-corrected chi connectivity index (χ1v) is 11.2. The van der Waals surface area contributed by atoms with Crippen molar-refractivity contribution < 1.29 is 19.1 Å². The highest BCUT2D eigenvalue weighted by Crippen LogP contribution is 2.15. The van der Waals surface area contributed by atoms with E-state index in [2.05, 4.69) is 10.6 Å². The van der Waals surface area contributed by atoms with Crippen LogP contribution in [0.1, 0.15) is 47.8 Å². The fourth-order valence-electron chi connectivity index (χ4n) is 3.79. The molecule has 0 aromatic heterocycles. The Labute approximate surface area is 190 Å². The molecule has 172 valence electrons. The Morgan fingerprint density at radius 2 is 1.59 bits per heavy atom. The number of rotatable bonds is 8. The highest BCUT2D eigenvalue weighted by atomic mass is 16.5. The molecule has 32 heavy (non-hydrogen) atoms. The van der Waals surface area contributed by atoms with Crippen molar-refractivity contribution in [3.8, 4) is 0 Å². The Morgan fingerprint density at radius 3 is 2.25 bits per heavy atom. The van der Waals surface area contributed by atoms with Crippen LogP contribution in [0.2, 0.25) is 0 Å². The Morgan fingerprint density at radius 1 is 0.969 bits per heavy atom. The van der Waals surface area contributed by atoms with Crippen LogP contribution in [0.4, 0.5) is 4.79 Å². The Bertz CT molecular complexity index is 890. The largest absolute Gasteiger partial charge is 0.377 e. The number of morpholine rings is 1.